The number of unbranched alkanes of at least 4 members (excludes halogenated alkanes) is 2. The maximum Gasteiger partial charge on any atom is 0.303 e. The van der Waals surface area contributed by atoms with Crippen molar-refractivity contribution >= 4 is 34.3 Å². The normalized spacial score (nSPS) is 10.6. The number of carboxylic acid groups (broad SMARTS) is 1. The van der Waals surface area contributed by atoms with Crippen LogP contribution in [-0.2, 0) is 9.59 Å². The Labute approximate surface area is 139 Å². The highest BCUT2D eigenvalue weighted by molar-refractivity contribution is 7.14. The van der Waals surface area contributed by atoms with E-state index in [0.717, 1.165) is 12.8 Å². The van der Waals surface area contributed by atoms with E-state index in [1.165, 1.54) is 11.3 Å². The molecule has 0 bridgehead atoms. The molecule has 1 aromatic heterocycles. The molecule has 8 heteroatoms. The van der Waals surface area contributed by atoms with Gasteiger partial charge < -0.3 is 15.7 Å². The van der Waals surface area contributed by atoms with E-state index in [-0.39, 0.29) is 29.8 Å². The highest BCUT2D eigenvalue weighted by atomic mass is 32.1. The molecule has 1 heterocycles. The van der Waals surface area contributed by atoms with Gasteiger partial charge in [-0.05, 0) is 18.8 Å². The van der Waals surface area contributed by atoms with Crippen LogP contribution in [-0.4, -0.2) is 34.4 Å². The summed E-state index contributed by atoms with van der Waals surface area (Å²) >= 11 is 1.21. The third kappa shape index (κ3) is 8.29. The predicted molar refractivity (Wildman–Crippen MR) is 88.6 cm³/mol. The van der Waals surface area contributed by atoms with Gasteiger partial charge in [-0.15, -0.1) is 11.3 Å². The zero-order valence-corrected chi connectivity index (χ0v) is 14.2. The van der Waals surface area contributed by atoms with Gasteiger partial charge >= 0.3 is 5.97 Å². The topological polar surface area (TPSA) is 108 Å². The molecular weight excluding hydrogens is 318 g/mol. The summed E-state index contributed by atoms with van der Waals surface area (Å²) in [5.41, 5.74) is 0.278. The van der Waals surface area contributed by atoms with Gasteiger partial charge in [-0.2, -0.15) is 0 Å². The van der Waals surface area contributed by atoms with Crippen molar-refractivity contribution in [2.45, 2.75) is 46.0 Å². The maximum absolute atomic E-state index is 11.9. The molecule has 0 aliphatic rings. The Bertz CT molecular complexity index is 543. The lowest BCUT2D eigenvalue weighted by Gasteiger charge is -2.04. The summed E-state index contributed by atoms with van der Waals surface area (Å²) in [6.07, 6.45) is 2.64. The first-order chi connectivity index (χ1) is 10.9. The Morgan fingerprint density at radius 2 is 2.00 bits per heavy atom. The third-order valence-electron chi connectivity index (χ3n) is 2.93. The van der Waals surface area contributed by atoms with Crippen molar-refractivity contribution in [1.29, 1.82) is 0 Å². The van der Waals surface area contributed by atoms with Crippen LogP contribution in [0.15, 0.2) is 5.38 Å². The van der Waals surface area contributed by atoms with Crippen molar-refractivity contribution < 1.29 is 19.5 Å². The molecule has 7 nitrogen and oxygen atoms in total. The highest BCUT2D eigenvalue weighted by Gasteiger charge is 2.12. The molecule has 0 unspecified atom stereocenters. The monoisotopic (exact) mass is 341 g/mol. The molecule has 2 amide bonds. The number of carboxylic acids is 1. The van der Waals surface area contributed by atoms with Gasteiger partial charge in [-0.25, -0.2) is 4.98 Å². The van der Waals surface area contributed by atoms with Crippen LogP contribution >= 0.6 is 11.3 Å². The number of nitrogens with zero attached hydrogens (tertiary/aromatic N) is 1. The number of hydrogen-bond donors (Lipinski definition) is 3. The summed E-state index contributed by atoms with van der Waals surface area (Å²) in [5, 5.41) is 15.9. The summed E-state index contributed by atoms with van der Waals surface area (Å²) in [6.45, 7) is 4.39. The van der Waals surface area contributed by atoms with Crippen LogP contribution in [0, 0.1) is 5.92 Å². The number of hydrogen-bond acceptors (Lipinski definition) is 5. The second-order valence-corrected chi connectivity index (χ2v) is 6.50. The molecule has 0 aliphatic carbocycles. The Kier molecular flexibility index (Phi) is 8.25. The molecule has 23 heavy (non-hydrogen) atoms. The molecule has 1 rings (SSSR count). The maximum atomic E-state index is 11.9. The fraction of sp³-hybridized carbons (Fsp3) is 0.600. The average Bonchev–Trinajstić information content (AvgIpc) is 2.89. The number of amides is 2. The van der Waals surface area contributed by atoms with Gasteiger partial charge in [0.15, 0.2) is 5.13 Å². The SMILES string of the molecule is CC(C)CC(=O)Nc1nc(C(=O)NCCCCCC(=O)O)cs1. The second kappa shape index (κ2) is 9.94. The van der Waals surface area contributed by atoms with E-state index in [4.69, 9.17) is 5.11 Å². The lowest BCUT2D eigenvalue weighted by molar-refractivity contribution is -0.137. The minimum Gasteiger partial charge on any atom is -0.481 e. The largest absolute Gasteiger partial charge is 0.481 e. The Hall–Kier alpha value is -1.96. The zero-order valence-electron chi connectivity index (χ0n) is 13.4. The predicted octanol–water partition coefficient (Wildman–Crippen LogP) is 2.50. The zero-order chi connectivity index (χ0) is 17.2. The van der Waals surface area contributed by atoms with Crippen LogP contribution in [0.4, 0.5) is 5.13 Å². The summed E-state index contributed by atoms with van der Waals surface area (Å²) in [5.74, 6) is -0.939. The molecule has 0 spiro atoms. The van der Waals surface area contributed by atoms with Crippen molar-refractivity contribution in [1.82, 2.24) is 10.3 Å². The fourth-order valence-corrected chi connectivity index (χ4v) is 2.55. The van der Waals surface area contributed by atoms with Crippen molar-refractivity contribution in [2.24, 2.45) is 5.92 Å². The highest BCUT2D eigenvalue weighted by Crippen LogP contribution is 2.16. The number of aliphatic carboxylic acids is 1. The molecule has 0 fully saturated rings. The van der Waals surface area contributed by atoms with Gasteiger partial charge in [0, 0.05) is 24.8 Å². The number of thiazole rings is 1. The number of rotatable bonds is 10. The van der Waals surface area contributed by atoms with Gasteiger partial charge in [-0.3, -0.25) is 14.4 Å². The Morgan fingerprint density at radius 3 is 2.65 bits per heavy atom. The third-order valence-corrected chi connectivity index (χ3v) is 3.69. The van der Waals surface area contributed by atoms with E-state index in [0.29, 0.717) is 24.5 Å². The molecule has 0 aliphatic heterocycles. The van der Waals surface area contributed by atoms with Crippen LogP contribution in [0.3, 0.4) is 0 Å². The molecule has 0 radical (unpaired) electrons. The van der Waals surface area contributed by atoms with E-state index in [1.54, 1.807) is 5.38 Å². The van der Waals surface area contributed by atoms with Gasteiger partial charge in [0.05, 0.1) is 0 Å². The molecule has 0 saturated carbocycles. The van der Waals surface area contributed by atoms with Gasteiger partial charge in [-0.1, -0.05) is 20.3 Å². The summed E-state index contributed by atoms with van der Waals surface area (Å²) in [7, 11) is 0. The molecule has 0 atom stereocenters. The van der Waals surface area contributed by atoms with Crippen LogP contribution in [0.5, 0.6) is 0 Å². The van der Waals surface area contributed by atoms with Gasteiger partial charge in [0.2, 0.25) is 5.91 Å². The molecule has 0 saturated heterocycles. The summed E-state index contributed by atoms with van der Waals surface area (Å²) < 4.78 is 0. The quantitative estimate of drug-likeness (QED) is 0.567. The van der Waals surface area contributed by atoms with E-state index >= 15 is 0 Å². The first kappa shape index (κ1) is 19.1. The van der Waals surface area contributed by atoms with Crippen molar-refractivity contribution in [2.75, 3.05) is 11.9 Å². The van der Waals surface area contributed by atoms with Gasteiger partial charge in [0.25, 0.3) is 5.91 Å². The van der Waals surface area contributed by atoms with Crippen LogP contribution in [0.2, 0.25) is 0 Å². The lowest BCUT2D eigenvalue weighted by atomic mass is 10.1. The number of nitrogens with one attached hydrogen (secondary N) is 2. The first-order valence-corrected chi connectivity index (χ1v) is 8.51. The minimum atomic E-state index is -0.802. The number of carbonyl (C=O) groups is 3. The van der Waals surface area contributed by atoms with Gasteiger partial charge in [0.1, 0.15) is 5.69 Å². The molecule has 3 N–H and O–H groups in total. The number of aromatic nitrogens is 1. The molecule has 0 aromatic carbocycles. The van der Waals surface area contributed by atoms with E-state index in [2.05, 4.69) is 15.6 Å². The molecular formula is C15H23N3O4S. The smallest absolute Gasteiger partial charge is 0.303 e. The van der Waals surface area contributed by atoms with E-state index < -0.39 is 5.97 Å². The Morgan fingerprint density at radius 1 is 1.26 bits per heavy atom. The summed E-state index contributed by atoms with van der Waals surface area (Å²) in [6, 6.07) is 0. The van der Waals surface area contributed by atoms with Crippen molar-refractivity contribution in [3.05, 3.63) is 11.1 Å². The first-order valence-electron chi connectivity index (χ1n) is 7.64. The fourth-order valence-electron chi connectivity index (χ4n) is 1.85. The minimum absolute atomic E-state index is 0.111. The number of anilines is 1. The van der Waals surface area contributed by atoms with Crippen molar-refractivity contribution in [3.8, 4) is 0 Å². The Balaban J connectivity index is 2.29. The van der Waals surface area contributed by atoms with Crippen molar-refractivity contribution in [3.63, 3.8) is 0 Å². The van der Waals surface area contributed by atoms with Crippen LogP contribution in [0.1, 0.15) is 56.4 Å². The standard InChI is InChI=1S/C15H23N3O4S/c1-10(2)8-12(19)18-15-17-11(9-23-15)14(22)16-7-5-3-4-6-13(20)21/h9-10H,3-8H2,1-2H3,(H,16,22)(H,20,21)(H,17,18,19). The van der Waals surface area contributed by atoms with E-state index in [1.807, 2.05) is 13.8 Å². The second-order valence-electron chi connectivity index (χ2n) is 5.64. The molecule has 128 valence electrons. The van der Waals surface area contributed by atoms with Crippen LogP contribution < -0.4 is 10.6 Å². The van der Waals surface area contributed by atoms with E-state index in [9.17, 15) is 14.4 Å². The summed E-state index contributed by atoms with van der Waals surface area (Å²) in [4.78, 5) is 38.0. The average molecular weight is 341 g/mol. The number of carbonyl (C=O) groups excluding carboxylic acids is 2. The lowest BCUT2D eigenvalue weighted by Crippen LogP contribution is -2.24. The van der Waals surface area contributed by atoms with Crippen LogP contribution in [0.25, 0.3) is 0 Å². The molecule has 1 aromatic rings.